The van der Waals surface area contributed by atoms with Crippen LogP contribution in [0, 0.1) is 0 Å². The van der Waals surface area contributed by atoms with Crippen molar-refractivity contribution in [3.05, 3.63) is 63.4 Å². The molecule has 0 aliphatic rings. The summed E-state index contributed by atoms with van der Waals surface area (Å²) in [5.41, 5.74) is -1.72. The molecule has 0 aromatic carbocycles. The minimum Gasteiger partial charge on any atom is -0.507 e. The van der Waals surface area contributed by atoms with Gasteiger partial charge in [-0.3, -0.25) is 10.1 Å². The quantitative estimate of drug-likeness (QED) is 0.280. The van der Waals surface area contributed by atoms with E-state index in [0.29, 0.717) is 12.8 Å². The number of hydrogen-bond acceptors (Lipinski definition) is 5. The molecule has 0 saturated heterocycles. The fourth-order valence-electron chi connectivity index (χ4n) is 2.57. The number of aromatic hydroxyl groups is 1. The van der Waals surface area contributed by atoms with Crippen LogP contribution in [0.5, 0.6) is 5.75 Å². The molecule has 1 heterocycles. The van der Waals surface area contributed by atoms with Gasteiger partial charge in [0.25, 0.3) is 0 Å². The number of Topliss-reactive ketones (excluding diaryl/α,β-unsaturated/α-hetero) is 1. The molecular weight excluding hydrogens is 419 g/mol. The number of halogens is 3. The second-order valence-corrected chi connectivity index (χ2v) is 7.01. The second-order valence-electron chi connectivity index (χ2n) is 7.01. The van der Waals surface area contributed by atoms with Crippen molar-refractivity contribution in [2.45, 2.75) is 52.1 Å². The third kappa shape index (κ3) is 8.93. The molecule has 0 spiro atoms. The molecule has 0 bridgehead atoms. The van der Waals surface area contributed by atoms with Gasteiger partial charge in [0.1, 0.15) is 17.1 Å². The van der Waals surface area contributed by atoms with Gasteiger partial charge >= 0.3 is 17.9 Å². The molecule has 1 unspecified atom stereocenters. The minimum atomic E-state index is -4.37. The Hall–Kier alpha value is -3.30. The molecular formula is C21H24F3NO6. The van der Waals surface area contributed by atoms with Gasteiger partial charge in [0.05, 0.1) is 6.42 Å². The van der Waals surface area contributed by atoms with Crippen LogP contribution >= 0.6 is 0 Å². The summed E-state index contributed by atoms with van der Waals surface area (Å²) in [4.78, 5) is 35.1. The summed E-state index contributed by atoms with van der Waals surface area (Å²) in [7, 11) is 0. The normalized spacial score (nSPS) is 14.0. The number of nitrogens with one attached hydrogen (secondary N) is 1. The van der Waals surface area contributed by atoms with Gasteiger partial charge in [0.15, 0.2) is 5.78 Å². The minimum absolute atomic E-state index is 0.0207. The standard InChI is InChI=1S/C21H24F3NO6/c1-12(11-21(22,23)24)7-8-14(3)18(27)17-15(26)10-16(31-19(17)28)13(2)6-4-5-9-25-20(29)30/h5,7-10,13,25-26H,4,6,11H2,1-3H3,(H,29,30). The SMILES string of the molecule is CC(=CC=C(C)C(=O)c1c(O)cc(C(C)CCC=CNC(=O)O)oc1=O)CC(F)(F)F. The smallest absolute Gasteiger partial charge is 0.408 e. The van der Waals surface area contributed by atoms with Gasteiger partial charge in [-0.1, -0.05) is 30.7 Å². The van der Waals surface area contributed by atoms with Crippen LogP contribution in [0.1, 0.15) is 62.1 Å². The first-order valence-electron chi connectivity index (χ1n) is 9.28. The Morgan fingerprint density at radius 3 is 2.45 bits per heavy atom. The summed E-state index contributed by atoms with van der Waals surface area (Å²) in [6.45, 7) is 4.29. The number of alkyl halides is 3. The molecule has 31 heavy (non-hydrogen) atoms. The van der Waals surface area contributed by atoms with E-state index >= 15 is 0 Å². The molecule has 0 aliphatic heterocycles. The van der Waals surface area contributed by atoms with Gasteiger partial charge in [0.2, 0.25) is 0 Å². The van der Waals surface area contributed by atoms with E-state index in [1.165, 1.54) is 20.0 Å². The number of rotatable bonds is 9. The average Bonchev–Trinajstić information content (AvgIpc) is 2.63. The Morgan fingerprint density at radius 2 is 1.90 bits per heavy atom. The summed E-state index contributed by atoms with van der Waals surface area (Å²) in [5.74, 6) is -1.62. The fourth-order valence-corrected chi connectivity index (χ4v) is 2.57. The van der Waals surface area contributed by atoms with E-state index in [1.807, 2.05) is 0 Å². The van der Waals surface area contributed by atoms with Crippen molar-refractivity contribution in [2.75, 3.05) is 0 Å². The molecule has 1 aromatic rings. The van der Waals surface area contributed by atoms with E-state index in [9.17, 15) is 32.7 Å². The summed E-state index contributed by atoms with van der Waals surface area (Å²) in [5, 5.41) is 20.7. The summed E-state index contributed by atoms with van der Waals surface area (Å²) < 4.78 is 42.2. The van der Waals surface area contributed by atoms with E-state index < -0.39 is 41.4 Å². The van der Waals surface area contributed by atoms with Crippen LogP contribution in [0.2, 0.25) is 0 Å². The zero-order valence-electron chi connectivity index (χ0n) is 17.2. The number of hydrogen-bond donors (Lipinski definition) is 3. The van der Waals surface area contributed by atoms with Crippen LogP contribution < -0.4 is 10.9 Å². The summed E-state index contributed by atoms with van der Waals surface area (Å²) in [6, 6.07) is 1.15. The molecule has 170 valence electrons. The number of carbonyl (C=O) groups is 2. The van der Waals surface area contributed by atoms with E-state index in [4.69, 9.17) is 9.52 Å². The Kier molecular flexibility index (Phi) is 9.29. The lowest BCUT2D eigenvalue weighted by atomic mass is 9.99. The molecule has 7 nitrogen and oxygen atoms in total. The first kappa shape index (κ1) is 25.7. The average molecular weight is 443 g/mol. The van der Waals surface area contributed by atoms with Gasteiger partial charge in [0, 0.05) is 18.2 Å². The highest BCUT2D eigenvalue weighted by atomic mass is 19.4. The Labute approximate surface area is 176 Å². The third-order valence-corrected chi connectivity index (χ3v) is 4.21. The molecule has 1 aromatic heterocycles. The molecule has 1 atom stereocenters. The first-order valence-corrected chi connectivity index (χ1v) is 9.28. The maximum Gasteiger partial charge on any atom is 0.408 e. The van der Waals surface area contributed by atoms with Crippen molar-refractivity contribution >= 4 is 11.9 Å². The van der Waals surface area contributed by atoms with E-state index in [2.05, 4.69) is 5.32 Å². The molecule has 0 saturated carbocycles. The van der Waals surface area contributed by atoms with Crippen molar-refractivity contribution in [3.63, 3.8) is 0 Å². The van der Waals surface area contributed by atoms with Crippen molar-refractivity contribution in [3.8, 4) is 5.75 Å². The fraction of sp³-hybridized carbons (Fsp3) is 0.381. The maximum absolute atomic E-state index is 12.5. The molecule has 10 heteroatoms. The molecule has 3 N–H and O–H groups in total. The monoisotopic (exact) mass is 443 g/mol. The topological polar surface area (TPSA) is 117 Å². The van der Waals surface area contributed by atoms with Gasteiger partial charge in [-0.15, -0.1) is 0 Å². The predicted molar refractivity (Wildman–Crippen MR) is 107 cm³/mol. The first-order chi connectivity index (χ1) is 14.3. The van der Waals surface area contributed by atoms with Crippen LogP contribution in [0.4, 0.5) is 18.0 Å². The molecule has 1 rings (SSSR count). The van der Waals surface area contributed by atoms with Gasteiger partial charge in [-0.2, -0.15) is 13.2 Å². The highest BCUT2D eigenvalue weighted by Crippen LogP contribution is 2.26. The highest BCUT2D eigenvalue weighted by molar-refractivity contribution is 6.09. The number of carboxylic acid groups (broad SMARTS) is 1. The Balaban J connectivity index is 2.95. The maximum atomic E-state index is 12.5. The van der Waals surface area contributed by atoms with E-state index in [1.54, 1.807) is 13.0 Å². The predicted octanol–water partition coefficient (Wildman–Crippen LogP) is 5.04. The molecule has 0 fully saturated rings. The Morgan fingerprint density at radius 1 is 1.26 bits per heavy atom. The van der Waals surface area contributed by atoms with Crippen molar-refractivity contribution in [2.24, 2.45) is 0 Å². The van der Waals surface area contributed by atoms with Crippen LogP contribution in [-0.2, 0) is 0 Å². The number of allylic oxidation sites excluding steroid dienone is 5. The van der Waals surface area contributed by atoms with Crippen molar-refractivity contribution in [1.29, 1.82) is 0 Å². The molecule has 0 aliphatic carbocycles. The molecule has 0 radical (unpaired) electrons. The van der Waals surface area contributed by atoms with Crippen molar-refractivity contribution < 1.29 is 37.4 Å². The second kappa shape index (κ2) is 11.2. The summed E-state index contributed by atoms with van der Waals surface area (Å²) in [6.07, 6.45) is -0.677. The molecule has 1 amide bonds. The van der Waals surface area contributed by atoms with Gasteiger partial charge < -0.3 is 14.6 Å². The summed E-state index contributed by atoms with van der Waals surface area (Å²) >= 11 is 0. The van der Waals surface area contributed by atoms with Crippen LogP contribution in [0.15, 0.2) is 50.9 Å². The lowest BCUT2D eigenvalue weighted by molar-refractivity contribution is -0.127. The van der Waals surface area contributed by atoms with Gasteiger partial charge in [-0.05, 0) is 32.3 Å². The zero-order chi connectivity index (χ0) is 23.8. The van der Waals surface area contributed by atoms with E-state index in [-0.39, 0.29) is 22.8 Å². The van der Waals surface area contributed by atoms with Crippen LogP contribution in [-0.4, -0.2) is 28.3 Å². The largest absolute Gasteiger partial charge is 0.507 e. The van der Waals surface area contributed by atoms with Gasteiger partial charge in [-0.25, -0.2) is 9.59 Å². The van der Waals surface area contributed by atoms with E-state index in [0.717, 1.165) is 18.2 Å². The van der Waals surface area contributed by atoms with Crippen LogP contribution in [0.25, 0.3) is 0 Å². The van der Waals surface area contributed by atoms with Crippen molar-refractivity contribution in [1.82, 2.24) is 5.32 Å². The lowest BCUT2D eigenvalue weighted by Crippen LogP contribution is -2.16. The van der Waals surface area contributed by atoms with Crippen LogP contribution in [0.3, 0.4) is 0 Å². The highest BCUT2D eigenvalue weighted by Gasteiger charge is 2.27. The number of amides is 1. The number of ketones is 1. The lowest BCUT2D eigenvalue weighted by Gasteiger charge is -2.11. The third-order valence-electron chi connectivity index (χ3n) is 4.21. The Bertz CT molecular complexity index is 957. The zero-order valence-corrected chi connectivity index (χ0v) is 17.2. The number of carbonyl (C=O) groups excluding carboxylic acids is 1.